The molecule has 2 rings (SSSR count). The van der Waals surface area contributed by atoms with Crippen LogP contribution in [-0.4, -0.2) is 14.8 Å². The maximum absolute atomic E-state index is 5.76. The highest BCUT2D eigenvalue weighted by Crippen LogP contribution is 2.21. The highest BCUT2D eigenvalue weighted by Gasteiger charge is 2.09. The topological polar surface area (TPSA) is 55.9 Å². The van der Waals surface area contributed by atoms with Crippen LogP contribution >= 0.6 is 12.2 Å². The van der Waals surface area contributed by atoms with Gasteiger partial charge in [0.15, 0.2) is 0 Å². The smallest absolute Gasteiger partial charge is 0.106 e. The number of hydrogen-bond acceptors (Lipinski definition) is 3. The summed E-state index contributed by atoms with van der Waals surface area (Å²) in [6.45, 7) is 4.80. The molecule has 19 heavy (non-hydrogen) atoms. The van der Waals surface area contributed by atoms with E-state index in [0.717, 1.165) is 22.5 Å². The number of rotatable bonds is 4. The Hall–Kier alpha value is -1.88. The van der Waals surface area contributed by atoms with Crippen molar-refractivity contribution in [1.82, 2.24) is 9.78 Å². The summed E-state index contributed by atoms with van der Waals surface area (Å²) >= 11 is 5.09. The molecular formula is C14H18N4S. The summed E-state index contributed by atoms with van der Waals surface area (Å²) in [5.74, 6) is 0. The van der Waals surface area contributed by atoms with E-state index in [4.69, 9.17) is 18.0 Å². The second kappa shape index (κ2) is 5.40. The molecule has 0 amide bonds. The Balaban J connectivity index is 2.24. The van der Waals surface area contributed by atoms with Crippen molar-refractivity contribution < 1.29 is 0 Å². The summed E-state index contributed by atoms with van der Waals surface area (Å²) in [7, 11) is 1.94. The molecule has 5 heteroatoms. The van der Waals surface area contributed by atoms with E-state index in [1.54, 1.807) is 0 Å². The minimum Gasteiger partial charge on any atom is -0.389 e. The molecule has 1 aromatic carbocycles. The zero-order valence-corrected chi connectivity index (χ0v) is 12.2. The van der Waals surface area contributed by atoms with Gasteiger partial charge in [0.25, 0.3) is 0 Å². The van der Waals surface area contributed by atoms with E-state index in [0.29, 0.717) is 11.5 Å². The Morgan fingerprint density at radius 3 is 2.74 bits per heavy atom. The molecule has 1 heterocycles. The molecule has 0 aliphatic rings. The number of hydrogen-bond donors (Lipinski definition) is 2. The van der Waals surface area contributed by atoms with Gasteiger partial charge in [-0.1, -0.05) is 24.4 Å². The first-order valence-corrected chi connectivity index (χ1v) is 6.52. The maximum Gasteiger partial charge on any atom is 0.106 e. The first-order chi connectivity index (χ1) is 9.00. The van der Waals surface area contributed by atoms with Gasteiger partial charge in [-0.15, -0.1) is 0 Å². The van der Waals surface area contributed by atoms with E-state index >= 15 is 0 Å². The van der Waals surface area contributed by atoms with Crippen LogP contribution in [0, 0.1) is 13.8 Å². The quantitative estimate of drug-likeness (QED) is 0.840. The molecule has 0 aliphatic carbocycles. The molecule has 0 atom stereocenters. The number of thiocarbonyl (C=S) groups is 1. The van der Waals surface area contributed by atoms with E-state index in [2.05, 4.69) is 17.3 Å². The zero-order valence-electron chi connectivity index (χ0n) is 11.4. The van der Waals surface area contributed by atoms with Gasteiger partial charge in [0.2, 0.25) is 0 Å². The van der Waals surface area contributed by atoms with E-state index in [1.165, 1.54) is 5.56 Å². The molecule has 0 unspecified atom stereocenters. The van der Waals surface area contributed by atoms with Gasteiger partial charge in [-0.25, -0.2) is 0 Å². The molecule has 2 aromatic rings. The van der Waals surface area contributed by atoms with Gasteiger partial charge in [-0.2, -0.15) is 5.10 Å². The highest BCUT2D eigenvalue weighted by molar-refractivity contribution is 7.80. The summed E-state index contributed by atoms with van der Waals surface area (Å²) in [4.78, 5) is 0.411. The van der Waals surface area contributed by atoms with Crippen LogP contribution in [0.1, 0.15) is 22.4 Å². The molecule has 100 valence electrons. The number of aromatic nitrogens is 2. The van der Waals surface area contributed by atoms with Crippen LogP contribution in [0.25, 0.3) is 0 Å². The van der Waals surface area contributed by atoms with E-state index < -0.39 is 0 Å². The van der Waals surface area contributed by atoms with Gasteiger partial charge >= 0.3 is 0 Å². The summed E-state index contributed by atoms with van der Waals surface area (Å²) < 4.78 is 1.86. The third-order valence-corrected chi connectivity index (χ3v) is 3.55. The van der Waals surface area contributed by atoms with Crippen LogP contribution in [0.3, 0.4) is 0 Å². The lowest BCUT2D eigenvalue weighted by Gasteiger charge is -2.14. The standard InChI is InChI=1S/C14H18N4S/c1-9-5-4-6-12(14(15)19)13(9)16-7-11-8-17-18(3)10(11)2/h4-6,8,16H,7H2,1-3H3,(H2,15,19). The fraction of sp³-hybridized carbons (Fsp3) is 0.286. The molecule has 1 aromatic heterocycles. The third-order valence-electron chi connectivity index (χ3n) is 3.33. The molecule has 0 saturated carbocycles. The fourth-order valence-corrected chi connectivity index (χ4v) is 2.18. The van der Waals surface area contributed by atoms with Crippen molar-refractivity contribution >= 4 is 22.9 Å². The predicted octanol–water partition coefficient (Wildman–Crippen LogP) is 2.28. The lowest BCUT2D eigenvalue weighted by molar-refractivity contribution is 0.738. The van der Waals surface area contributed by atoms with Crippen molar-refractivity contribution in [3.8, 4) is 0 Å². The lowest BCUT2D eigenvalue weighted by atomic mass is 10.1. The average molecular weight is 274 g/mol. The van der Waals surface area contributed by atoms with Gasteiger partial charge in [-0.3, -0.25) is 4.68 Å². The summed E-state index contributed by atoms with van der Waals surface area (Å²) in [6, 6.07) is 5.94. The van der Waals surface area contributed by atoms with Crippen LogP contribution in [0.2, 0.25) is 0 Å². The maximum atomic E-state index is 5.76. The van der Waals surface area contributed by atoms with Gasteiger partial charge in [0.1, 0.15) is 4.99 Å². The third kappa shape index (κ3) is 2.76. The summed E-state index contributed by atoms with van der Waals surface area (Å²) in [6.07, 6.45) is 1.88. The molecule has 0 fully saturated rings. The van der Waals surface area contributed by atoms with Crippen molar-refractivity contribution in [2.75, 3.05) is 5.32 Å². The SMILES string of the molecule is Cc1cccc(C(N)=S)c1NCc1cnn(C)c1C. The number of benzene rings is 1. The number of anilines is 1. The van der Waals surface area contributed by atoms with Crippen molar-refractivity contribution in [2.24, 2.45) is 12.8 Å². The number of nitrogens with zero attached hydrogens (tertiary/aromatic N) is 2. The molecule has 3 N–H and O–H groups in total. The van der Waals surface area contributed by atoms with Crippen molar-refractivity contribution in [3.63, 3.8) is 0 Å². The molecule has 0 aliphatic heterocycles. The van der Waals surface area contributed by atoms with Gasteiger partial charge in [0, 0.05) is 36.1 Å². The van der Waals surface area contributed by atoms with Crippen LogP contribution < -0.4 is 11.1 Å². The van der Waals surface area contributed by atoms with Gasteiger partial charge in [0.05, 0.1) is 6.20 Å². The first-order valence-electron chi connectivity index (χ1n) is 6.11. The van der Waals surface area contributed by atoms with Crippen LogP contribution in [-0.2, 0) is 13.6 Å². The minimum absolute atomic E-state index is 0.411. The highest BCUT2D eigenvalue weighted by atomic mass is 32.1. The zero-order chi connectivity index (χ0) is 14.0. The van der Waals surface area contributed by atoms with Crippen LogP contribution in [0.15, 0.2) is 24.4 Å². The number of nitrogens with one attached hydrogen (secondary N) is 1. The van der Waals surface area contributed by atoms with Crippen LogP contribution in [0.4, 0.5) is 5.69 Å². The number of nitrogens with two attached hydrogens (primary N) is 1. The molecule has 0 bridgehead atoms. The largest absolute Gasteiger partial charge is 0.389 e. The Kier molecular flexibility index (Phi) is 3.85. The molecule has 0 saturated heterocycles. The fourth-order valence-electron chi connectivity index (χ4n) is 2.01. The van der Waals surface area contributed by atoms with Crippen molar-refractivity contribution in [1.29, 1.82) is 0 Å². The molecule has 4 nitrogen and oxygen atoms in total. The second-order valence-electron chi connectivity index (χ2n) is 4.59. The van der Waals surface area contributed by atoms with Crippen LogP contribution in [0.5, 0.6) is 0 Å². The van der Waals surface area contributed by atoms with Gasteiger partial charge in [-0.05, 0) is 25.5 Å². The van der Waals surface area contributed by atoms with Gasteiger partial charge < -0.3 is 11.1 Å². The minimum atomic E-state index is 0.411. The monoisotopic (exact) mass is 274 g/mol. The molecule has 0 radical (unpaired) electrons. The van der Waals surface area contributed by atoms with Crippen molar-refractivity contribution in [2.45, 2.75) is 20.4 Å². The first kappa shape index (κ1) is 13.5. The van der Waals surface area contributed by atoms with E-state index in [9.17, 15) is 0 Å². The number of para-hydroxylation sites is 1. The summed E-state index contributed by atoms with van der Waals surface area (Å²) in [5, 5.41) is 7.65. The Morgan fingerprint density at radius 2 is 2.16 bits per heavy atom. The normalized spacial score (nSPS) is 10.5. The molecule has 0 spiro atoms. The Morgan fingerprint density at radius 1 is 1.42 bits per heavy atom. The lowest BCUT2D eigenvalue weighted by Crippen LogP contribution is -2.14. The van der Waals surface area contributed by atoms with E-state index in [1.807, 2.05) is 43.0 Å². The number of aryl methyl sites for hydroxylation is 2. The predicted molar refractivity (Wildman–Crippen MR) is 82.3 cm³/mol. The average Bonchev–Trinajstić information content (AvgIpc) is 2.68. The Bertz CT molecular complexity index is 616. The van der Waals surface area contributed by atoms with E-state index in [-0.39, 0.29) is 0 Å². The van der Waals surface area contributed by atoms with Crippen molar-refractivity contribution in [3.05, 3.63) is 46.8 Å². The second-order valence-corrected chi connectivity index (χ2v) is 5.03. The Labute approximate surface area is 118 Å². The summed E-state index contributed by atoms with van der Waals surface area (Å²) in [5.41, 5.74) is 11.1. The molecular weight excluding hydrogens is 256 g/mol.